The zero-order chi connectivity index (χ0) is 17.4. The number of para-hydroxylation sites is 2. The average molecular weight is 338 g/mol. The van der Waals surface area contributed by atoms with Crippen LogP contribution in [0.5, 0.6) is 11.5 Å². The van der Waals surface area contributed by atoms with E-state index in [1.165, 1.54) is 12.3 Å². The molecule has 0 bridgehead atoms. The van der Waals surface area contributed by atoms with Crippen LogP contribution < -0.4 is 15.2 Å². The fraction of sp³-hybridized carbons (Fsp3) is 0.111. The lowest BCUT2D eigenvalue weighted by molar-refractivity contribution is 0.0859. The summed E-state index contributed by atoms with van der Waals surface area (Å²) in [6, 6.07) is 10.4. The molecule has 4 rings (SSSR count). The van der Waals surface area contributed by atoms with Crippen LogP contribution in [-0.4, -0.2) is 22.8 Å². The van der Waals surface area contributed by atoms with E-state index in [0.29, 0.717) is 34.0 Å². The van der Waals surface area contributed by atoms with Gasteiger partial charge in [0.05, 0.1) is 5.52 Å². The van der Waals surface area contributed by atoms with E-state index in [2.05, 4.69) is 9.97 Å². The lowest BCUT2D eigenvalue weighted by atomic mass is 10.1. The molecule has 1 unspecified atom stereocenters. The third-order valence-electron chi connectivity index (χ3n) is 4.04. The van der Waals surface area contributed by atoms with Crippen LogP contribution >= 0.6 is 0 Å². The van der Waals surface area contributed by atoms with Gasteiger partial charge < -0.3 is 25.6 Å². The Morgan fingerprint density at radius 1 is 1.32 bits per heavy atom. The summed E-state index contributed by atoms with van der Waals surface area (Å²) >= 11 is 0. The molecule has 1 atom stereocenters. The Bertz CT molecular complexity index is 996. The van der Waals surface area contributed by atoms with Crippen LogP contribution in [0.25, 0.3) is 16.6 Å². The molecule has 126 valence electrons. The molecule has 4 N–H and O–H groups in total. The predicted octanol–water partition coefficient (Wildman–Crippen LogP) is 3.16. The summed E-state index contributed by atoms with van der Waals surface area (Å²) in [6.45, 7) is 0.278. The first-order chi connectivity index (χ1) is 12.2. The molecule has 0 spiro atoms. The van der Waals surface area contributed by atoms with Gasteiger partial charge in [-0.05, 0) is 29.8 Å². The van der Waals surface area contributed by atoms with Gasteiger partial charge in [-0.3, -0.25) is 0 Å². The maximum Gasteiger partial charge on any atom is 0.190 e. The number of imidazole rings is 1. The van der Waals surface area contributed by atoms with Crippen LogP contribution in [0.2, 0.25) is 0 Å². The number of nitrogens with two attached hydrogens (primary N) is 1. The van der Waals surface area contributed by atoms with Crippen LogP contribution in [0.1, 0.15) is 17.5 Å². The van der Waals surface area contributed by atoms with Crippen molar-refractivity contribution >= 4 is 22.8 Å². The molecule has 0 radical (unpaired) electrons. The van der Waals surface area contributed by atoms with Crippen LogP contribution in [0.15, 0.2) is 42.6 Å². The summed E-state index contributed by atoms with van der Waals surface area (Å²) in [6.07, 6.45) is 1.88. The molecule has 0 amide bonds. The van der Waals surface area contributed by atoms with Gasteiger partial charge in [-0.15, -0.1) is 0 Å². The summed E-state index contributed by atoms with van der Waals surface area (Å²) in [5.41, 5.74) is 7.12. The highest BCUT2D eigenvalue weighted by molar-refractivity contribution is 6.09. The fourth-order valence-electron chi connectivity index (χ4n) is 2.80. The van der Waals surface area contributed by atoms with Crippen molar-refractivity contribution in [2.24, 2.45) is 5.73 Å². The molecule has 7 heteroatoms. The van der Waals surface area contributed by atoms with E-state index >= 15 is 0 Å². The standard InChI is InChI=1S/C18H15FN4O2/c19-12-5-10(11(7-20)8-21)6-13-17(12)23-18(22-13)16-9-24-14-3-1-2-4-15(14)25-16/h1-8,16,20H,9,21H2,(H,22,23)/b11-8+,20-7?. The monoisotopic (exact) mass is 338 g/mol. The second-order valence-corrected chi connectivity index (χ2v) is 5.61. The van der Waals surface area contributed by atoms with Gasteiger partial charge in [0.15, 0.2) is 29.2 Å². The Morgan fingerprint density at radius 3 is 2.88 bits per heavy atom. The maximum absolute atomic E-state index is 14.4. The molecule has 0 aliphatic carbocycles. The number of aromatic amines is 1. The van der Waals surface area contributed by atoms with Gasteiger partial charge >= 0.3 is 0 Å². The van der Waals surface area contributed by atoms with Gasteiger partial charge in [-0.1, -0.05) is 12.1 Å². The first-order valence-corrected chi connectivity index (χ1v) is 7.70. The topological polar surface area (TPSA) is 97.0 Å². The highest BCUT2D eigenvalue weighted by atomic mass is 19.1. The number of aromatic nitrogens is 2. The number of allylic oxidation sites excluding steroid dienone is 1. The Labute approximate surface area is 142 Å². The van der Waals surface area contributed by atoms with Crippen LogP contribution in [0.4, 0.5) is 4.39 Å². The van der Waals surface area contributed by atoms with Crippen molar-refractivity contribution in [3.63, 3.8) is 0 Å². The molecule has 2 heterocycles. The minimum absolute atomic E-state index is 0.211. The lowest BCUT2D eigenvalue weighted by Crippen LogP contribution is -2.22. The minimum Gasteiger partial charge on any atom is -0.485 e. The van der Waals surface area contributed by atoms with Gasteiger partial charge in [0.1, 0.15) is 12.1 Å². The largest absolute Gasteiger partial charge is 0.485 e. The Kier molecular flexibility index (Phi) is 3.61. The SMILES string of the molecule is N=C/C(=C\N)c1cc(F)c2nc(C3COc4ccccc4O3)[nH]c2c1. The second kappa shape index (κ2) is 5.94. The van der Waals surface area contributed by atoms with Gasteiger partial charge in [0, 0.05) is 18.0 Å². The van der Waals surface area contributed by atoms with E-state index < -0.39 is 11.9 Å². The molecule has 1 aliphatic rings. The van der Waals surface area contributed by atoms with Crippen molar-refractivity contribution in [1.82, 2.24) is 9.97 Å². The highest BCUT2D eigenvalue weighted by Crippen LogP contribution is 2.35. The first-order valence-electron chi connectivity index (χ1n) is 7.70. The van der Waals surface area contributed by atoms with Crippen molar-refractivity contribution in [2.75, 3.05) is 6.61 Å². The molecule has 25 heavy (non-hydrogen) atoms. The van der Waals surface area contributed by atoms with E-state index in [9.17, 15) is 4.39 Å². The summed E-state index contributed by atoms with van der Waals surface area (Å²) in [5.74, 6) is 1.28. The minimum atomic E-state index is -0.492. The number of nitrogens with one attached hydrogen (secondary N) is 2. The molecular formula is C18H15FN4O2. The number of benzene rings is 2. The van der Waals surface area contributed by atoms with Gasteiger partial charge in [0.2, 0.25) is 0 Å². The fourth-order valence-corrected chi connectivity index (χ4v) is 2.80. The van der Waals surface area contributed by atoms with E-state index in [-0.39, 0.29) is 12.1 Å². The summed E-state index contributed by atoms with van der Waals surface area (Å²) in [4.78, 5) is 7.40. The Morgan fingerprint density at radius 2 is 2.12 bits per heavy atom. The molecule has 0 fully saturated rings. The number of H-pyrrole nitrogens is 1. The molecule has 0 saturated heterocycles. The molecule has 0 saturated carbocycles. The van der Waals surface area contributed by atoms with Gasteiger partial charge in [0.25, 0.3) is 0 Å². The predicted molar refractivity (Wildman–Crippen MR) is 92.3 cm³/mol. The normalized spacial score (nSPS) is 16.8. The second-order valence-electron chi connectivity index (χ2n) is 5.61. The summed E-state index contributed by atoms with van der Waals surface area (Å²) < 4.78 is 26.0. The number of fused-ring (bicyclic) bond motifs is 2. The first kappa shape index (κ1) is 15.2. The number of hydrogen-bond acceptors (Lipinski definition) is 5. The Balaban J connectivity index is 1.72. The van der Waals surface area contributed by atoms with E-state index in [1.54, 1.807) is 6.07 Å². The van der Waals surface area contributed by atoms with Gasteiger partial charge in [-0.25, -0.2) is 9.37 Å². The summed E-state index contributed by atoms with van der Waals surface area (Å²) in [5, 5.41) is 7.35. The lowest BCUT2D eigenvalue weighted by Gasteiger charge is -2.24. The van der Waals surface area contributed by atoms with Crippen molar-refractivity contribution in [3.05, 3.63) is 59.8 Å². The maximum atomic E-state index is 14.4. The average Bonchev–Trinajstić information content (AvgIpc) is 3.07. The molecule has 2 aromatic carbocycles. The van der Waals surface area contributed by atoms with E-state index in [4.69, 9.17) is 20.6 Å². The zero-order valence-electron chi connectivity index (χ0n) is 13.1. The van der Waals surface area contributed by atoms with Crippen molar-refractivity contribution in [3.8, 4) is 11.5 Å². The quantitative estimate of drug-likeness (QED) is 0.639. The van der Waals surface area contributed by atoms with Crippen LogP contribution in [-0.2, 0) is 0 Å². The van der Waals surface area contributed by atoms with Crippen LogP contribution in [0, 0.1) is 11.2 Å². The third-order valence-corrected chi connectivity index (χ3v) is 4.04. The molecule has 1 aliphatic heterocycles. The third kappa shape index (κ3) is 2.59. The molecular weight excluding hydrogens is 323 g/mol. The summed E-state index contributed by atoms with van der Waals surface area (Å²) in [7, 11) is 0. The number of rotatable bonds is 3. The molecule has 1 aromatic heterocycles. The smallest absolute Gasteiger partial charge is 0.190 e. The number of nitrogens with zero attached hydrogens (tertiary/aromatic N) is 1. The van der Waals surface area contributed by atoms with Crippen molar-refractivity contribution < 1.29 is 13.9 Å². The van der Waals surface area contributed by atoms with E-state index in [0.717, 1.165) is 6.21 Å². The number of hydrogen-bond donors (Lipinski definition) is 3. The van der Waals surface area contributed by atoms with E-state index in [1.807, 2.05) is 24.3 Å². The van der Waals surface area contributed by atoms with Crippen molar-refractivity contribution in [2.45, 2.75) is 6.10 Å². The molecule has 3 aromatic rings. The van der Waals surface area contributed by atoms with Crippen LogP contribution in [0.3, 0.4) is 0 Å². The number of ether oxygens (including phenoxy) is 2. The highest BCUT2D eigenvalue weighted by Gasteiger charge is 2.25. The Hall–Kier alpha value is -3.35. The molecule has 6 nitrogen and oxygen atoms in total. The van der Waals surface area contributed by atoms with Gasteiger partial charge in [-0.2, -0.15) is 0 Å². The van der Waals surface area contributed by atoms with Crippen molar-refractivity contribution in [1.29, 1.82) is 5.41 Å². The number of halogens is 1. The zero-order valence-corrected chi connectivity index (χ0v) is 13.1.